The Bertz CT molecular complexity index is 174. The van der Waals surface area contributed by atoms with Crippen LogP contribution >= 0.6 is 11.8 Å². The molecule has 0 N–H and O–H groups in total. The lowest BCUT2D eigenvalue weighted by Crippen LogP contribution is -2.31. The van der Waals surface area contributed by atoms with Crippen LogP contribution in [0, 0.1) is 0 Å². The van der Waals surface area contributed by atoms with Gasteiger partial charge in [0, 0.05) is 6.04 Å². The number of carbonyl (C=O) groups is 1. The first kappa shape index (κ1) is 14.8. The van der Waals surface area contributed by atoms with E-state index < -0.39 is 0 Å². The van der Waals surface area contributed by atoms with Crippen molar-refractivity contribution in [3.63, 3.8) is 0 Å². The first-order valence-corrected chi connectivity index (χ1v) is 6.67. The lowest BCUT2D eigenvalue weighted by atomic mass is 10.1. The van der Waals surface area contributed by atoms with E-state index in [1.165, 1.54) is 0 Å². The Labute approximate surface area is 97.5 Å². The molecule has 0 aromatic rings. The molecule has 4 heteroatoms. The summed E-state index contributed by atoms with van der Waals surface area (Å²) in [5.41, 5.74) is 0. The lowest BCUT2D eigenvalue weighted by molar-refractivity contribution is -0.144. The molecule has 0 aromatic heterocycles. The number of thioether (sulfide) groups is 1. The number of rotatable bonds is 8. The Morgan fingerprint density at radius 2 is 2.07 bits per heavy atom. The van der Waals surface area contributed by atoms with E-state index in [9.17, 15) is 4.79 Å². The van der Waals surface area contributed by atoms with Gasteiger partial charge in [0.15, 0.2) is 0 Å². The Morgan fingerprint density at radius 1 is 1.40 bits per heavy atom. The third-order valence-electron chi connectivity index (χ3n) is 2.24. The van der Waals surface area contributed by atoms with Crippen LogP contribution in [0.15, 0.2) is 0 Å². The van der Waals surface area contributed by atoms with Crippen molar-refractivity contribution in [1.29, 1.82) is 0 Å². The SMILES string of the molecule is CCOC(=O)CC(CCSCC)N(C)C. The van der Waals surface area contributed by atoms with Gasteiger partial charge < -0.3 is 9.64 Å². The fourth-order valence-electron chi connectivity index (χ4n) is 1.32. The number of hydrogen-bond acceptors (Lipinski definition) is 4. The van der Waals surface area contributed by atoms with Gasteiger partial charge in [0.05, 0.1) is 13.0 Å². The van der Waals surface area contributed by atoms with Gasteiger partial charge in [-0.3, -0.25) is 4.79 Å². The molecular weight excluding hydrogens is 210 g/mol. The summed E-state index contributed by atoms with van der Waals surface area (Å²) >= 11 is 1.92. The van der Waals surface area contributed by atoms with E-state index >= 15 is 0 Å². The highest BCUT2D eigenvalue weighted by Crippen LogP contribution is 2.11. The van der Waals surface area contributed by atoms with Gasteiger partial charge in [-0.25, -0.2) is 0 Å². The van der Waals surface area contributed by atoms with Gasteiger partial charge in [-0.2, -0.15) is 11.8 Å². The molecule has 0 aliphatic carbocycles. The van der Waals surface area contributed by atoms with Gasteiger partial charge in [0.25, 0.3) is 0 Å². The molecule has 0 saturated heterocycles. The van der Waals surface area contributed by atoms with Crippen LogP contribution in [0.2, 0.25) is 0 Å². The van der Waals surface area contributed by atoms with Crippen LogP contribution in [0.4, 0.5) is 0 Å². The second kappa shape index (κ2) is 9.04. The number of carbonyl (C=O) groups excluding carboxylic acids is 1. The highest BCUT2D eigenvalue weighted by Gasteiger charge is 2.16. The van der Waals surface area contributed by atoms with Gasteiger partial charge in [-0.05, 0) is 38.9 Å². The smallest absolute Gasteiger partial charge is 0.307 e. The predicted molar refractivity (Wildman–Crippen MR) is 66.3 cm³/mol. The summed E-state index contributed by atoms with van der Waals surface area (Å²) < 4.78 is 4.96. The molecule has 1 atom stereocenters. The monoisotopic (exact) mass is 233 g/mol. The van der Waals surface area contributed by atoms with E-state index in [0.29, 0.717) is 19.1 Å². The number of ether oxygens (including phenoxy) is 1. The molecule has 0 heterocycles. The van der Waals surface area contributed by atoms with Crippen molar-refractivity contribution in [2.45, 2.75) is 32.7 Å². The minimum atomic E-state index is -0.0855. The molecule has 1 unspecified atom stereocenters. The number of nitrogens with zero attached hydrogens (tertiary/aromatic N) is 1. The third kappa shape index (κ3) is 7.68. The summed E-state index contributed by atoms with van der Waals surface area (Å²) in [5.74, 6) is 2.16. The van der Waals surface area contributed by atoms with E-state index in [4.69, 9.17) is 4.74 Å². The molecular formula is C11H23NO2S. The molecule has 0 radical (unpaired) electrons. The van der Waals surface area contributed by atoms with Crippen LogP contribution in [0.3, 0.4) is 0 Å². The van der Waals surface area contributed by atoms with Crippen molar-refractivity contribution in [2.24, 2.45) is 0 Å². The summed E-state index contributed by atoms with van der Waals surface area (Å²) in [6, 6.07) is 0.308. The molecule has 15 heavy (non-hydrogen) atoms. The van der Waals surface area contributed by atoms with E-state index in [1.54, 1.807) is 0 Å². The first-order chi connectivity index (χ1) is 7.11. The zero-order valence-corrected chi connectivity index (χ0v) is 11.1. The van der Waals surface area contributed by atoms with Gasteiger partial charge in [-0.1, -0.05) is 6.92 Å². The molecule has 0 amide bonds. The quantitative estimate of drug-likeness (QED) is 0.474. The van der Waals surface area contributed by atoms with Gasteiger partial charge >= 0.3 is 5.97 Å². The summed E-state index contributed by atoms with van der Waals surface area (Å²) in [6.45, 7) is 4.47. The predicted octanol–water partition coefficient (Wildman–Crippen LogP) is 2.01. The maximum Gasteiger partial charge on any atom is 0.307 e. The number of hydrogen-bond donors (Lipinski definition) is 0. The van der Waals surface area contributed by atoms with E-state index in [-0.39, 0.29) is 5.97 Å². The Balaban J connectivity index is 3.87. The van der Waals surface area contributed by atoms with Crippen LogP contribution in [0.25, 0.3) is 0 Å². The molecule has 90 valence electrons. The first-order valence-electron chi connectivity index (χ1n) is 5.51. The van der Waals surface area contributed by atoms with Crippen molar-refractivity contribution in [3.8, 4) is 0 Å². The standard InChI is InChI=1S/C11H23NO2S/c1-5-14-11(13)9-10(12(3)4)7-8-15-6-2/h10H,5-9H2,1-4H3. The van der Waals surface area contributed by atoms with Crippen molar-refractivity contribution >= 4 is 17.7 Å². The summed E-state index contributed by atoms with van der Waals surface area (Å²) in [6.07, 6.45) is 1.55. The van der Waals surface area contributed by atoms with E-state index in [2.05, 4.69) is 11.8 Å². The minimum Gasteiger partial charge on any atom is -0.466 e. The molecule has 0 bridgehead atoms. The highest BCUT2D eigenvalue weighted by atomic mass is 32.2. The van der Waals surface area contributed by atoms with Crippen LogP contribution in [-0.2, 0) is 9.53 Å². The average molecular weight is 233 g/mol. The fourth-order valence-corrected chi connectivity index (χ4v) is 2.05. The second-order valence-corrected chi connectivity index (χ2v) is 5.01. The van der Waals surface area contributed by atoms with Crippen LogP contribution in [-0.4, -0.2) is 49.1 Å². The average Bonchev–Trinajstić information content (AvgIpc) is 2.16. The van der Waals surface area contributed by atoms with Crippen LogP contribution in [0.1, 0.15) is 26.7 Å². The molecule has 3 nitrogen and oxygen atoms in total. The Hall–Kier alpha value is -0.220. The third-order valence-corrected chi connectivity index (χ3v) is 3.17. The summed E-state index contributed by atoms with van der Waals surface area (Å²) in [5, 5.41) is 0. The molecule has 0 spiro atoms. The molecule has 0 rings (SSSR count). The Morgan fingerprint density at radius 3 is 2.53 bits per heavy atom. The largest absolute Gasteiger partial charge is 0.466 e. The molecule has 0 fully saturated rings. The van der Waals surface area contributed by atoms with Crippen molar-refractivity contribution < 1.29 is 9.53 Å². The van der Waals surface area contributed by atoms with Crippen molar-refractivity contribution in [2.75, 3.05) is 32.2 Å². The lowest BCUT2D eigenvalue weighted by Gasteiger charge is -2.23. The second-order valence-electron chi connectivity index (χ2n) is 3.61. The van der Waals surface area contributed by atoms with Crippen molar-refractivity contribution in [1.82, 2.24) is 4.90 Å². The molecule has 0 aromatic carbocycles. The molecule has 0 aliphatic rings. The van der Waals surface area contributed by atoms with Crippen LogP contribution in [0.5, 0.6) is 0 Å². The van der Waals surface area contributed by atoms with E-state index in [1.807, 2.05) is 32.8 Å². The normalized spacial score (nSPS) is 12.9. The fraction of sp³-hybridized carbons (Fsp3) is 0.909. The van der Waals surface area contributed by atoms with Gasteiger partial charge in [0.1, 0.15) is 0 Å². The maximum absolute atomic E-state index is 11.3. The molecule has 0 saturated carbocycles. The van der Waals surface area contributed by atoms with Crippen LogP contribution < -0.4 is 0 Å². The molecule has 0 aliphatic heterocycles. The van der Waals surface area contributed by atoms with Gasteiger partial charge in [0.2, 0.25) is 0 Å². The van der Waals surface area contributed by atoms with Gasteiger partial charge in [-0.15, -0.1) is 0 Å². The minimum absolute atomic E-state index is 0.0855. The summed E-state index contributed by atoms with van der Waals surface area (Å²) in [4.78, 5) is 13.4. The highest BCUT2D eigenvalue weighted by molar-refractivity contribution is 7.99. The number of esters is 1. The zero-order valence-electron chi connectivity index (χ0n) is 10.3. The maximum atomic E-state index is 11.3. The summed E-state index contributed by atoms with van der Waals surface area (Å²) in [7, 11) is 4.03. The van der Waals surface area contributed by atoms with E-state index in [0.717, 1.165) is 17.9 Å². The topological polar surface area (TPSA) is 29.5 Å². The zero-order chi connectivity index (χ0) is 11.7. The van der Waals surface area contributed by atoms with Crippen molar-refractivity contribution in [3.05, 3.63) is 0 Å². The Kier molecular flexibility index (Phi) is 8.91.